The van der Waals surface area contributed by atoms with Crippen molar-refractivity contribution in [1.82, 2.24) is 0 Å². The molecule has 0 aromatic heterocycles. The van der Waals surface area contributed by atoms with Crippen LogP contribution in [0.3, 0.4) is 0 Å². The number of carbonyl (C=O) groups excluding carboxylic acids is 3. The minimum absolute atomic E-state index is 0.106. The molecule has 0 saturated heterocycles. The largest absolute Gasteiger partial charge is 0.462 e. The van der Waals surface area contributed by atoms with Crippen LogP contribution in [0.2, 0.25) is 0 Å². The first-order chi connectivity index (χ1) is 40.0. The van der Waals surface area contributed by atoms with E-state index in [0.717, 1.165) is 122 Å². The topological polar surface area (TPSA) is 78.9 Å². The lowest BCUT2D eigenvalue weighted by Crippen LogP contribution is -2.30. The van der Waals surface area contributed by atoms with Crippen molar-refractivity contribution in [1.29, 1.82) is 0 Å². The molecule has 0 heterocycles. The van der Waals surface area contributed by atoms with Gasteiger partial charge in [-0.3, -0.25) is 14.4 Å². The molecule has 0 N–H and O–H groups in total. The normalized spacial score (nSPS) is 13.1. The molecule has 0 bridgehead atoms. The lowest BCUT2D eigenvalue weighted by molar-refractivity contribution is -0.166. The molecule has 0 aromatic rings. The van der Waals surface area contributed by atoms with Crippen LogP contribution in [0.15, 0.2) is 146 Å². The summed E-state index contributed by atoms with van der Waals surface area (Å²) in [5.41, 5.74) is 0. The second-order valence-corrected chi connectivity index (χ2v) is 21.6. The van der Waals surface area contributed by atoms with Crippen molar-refractivity contribution in [3.63, 3.8) is 0 Å². The summed E-state index contributed by atoms with van der Waals surface area (Å²) in [6, 6.07) is 0. The number of esters is 3. The van der Waals surface area contributed by atoms with Gasteiger partial charge in [-0.05, 0) is 128 Å². The lowest BCUT2D eigenvalue weighted by Gasteiger charge is -2.18. The van der Waals surface area contributed by atoms with Crippen LogP contribution in [-0.2, 0) is 28.6 Å². The molecule has 0 spiro atoms. The first-order valence-electron chi connectivity index (χ1n) is 33.3. The van der Waals surface area contributed by atoms with Gasteiger partial charge in [0.2, 0.25) is 0 Å². The van der Waals surface area contributed by atoms with Crippen LogP contribution in [0.25, 0.3) is 0 Å². The first kappa shape index (κ1) is 76.3. The van der Waals surface area contributed by atoms with Crippen LogP contribution in [-0.4, -0.2) is 37.2 Å². The third kappa shape index (κ3) is 66.0. The Bertz CT molecular complexity index is 1760. The molecule has 81 heavy (non-hydrogen) atoms. The summed E-state index contributed by atoms with van der Waals surface area (Å²) in [5, 5.41) is 0. The highest BCUT2D eigenvalue weighted by molar-refractivity contribution is 5.71. The summed E-state index contributed by atoms with van der Waals surface area (Å²) in [5.74, 6) is -0.999. The van der Waals surface area contributed by atoms with E-state index in [1.54, 1.807) is 0 Å². The summed E-state index contributed by atoms with van der Waals surface area (Å²) in [6.45, 7) is 6.34. The molecule has 0 saturated carbocycles. The third-order valence-electron chi connectivity index (χ3n) is 13.8. The second-order valence-electron chi connectivity index (χ2n) is 21.6. The molecule has 0 aromatic carbocycles. The highest BCUT2D eigenvalue weighted by Gasteiger charge is 2.19. The zero-order valence-corrected chi connectivity index (χ0v) is 52.5. The molecule has 0 fully saturated rings. The van der Waals surface area contributed by atoms with Gasteiger partial charge in [0.25, 0.3) is 0 Å². The lowest BCUT2D eigenvalue weighted by atomic mass is 10.0. The molecular formula is C75H122O6. The SMILES string of the molecule is CC/C=C\C/C=C\C/C=C\C/C=C\C/C=C\C/C=C\C/C=C\CCCCCCCCCCCCCCCC(=O)OCC(COC(=O)CC/C=C\C/C=C\C/C=C\C/C=C\CC)OC(=O)CCCCCCC/C=C\CCCCCCCC. The molecular weight excluding hydrogens is 997 g/mol. The Morgan fingerprint density at radius 3 is 0.840 bits per heavy atom. The average Bonchev–Trinajstić information content (AvgIpc) is 3.46. The molecule has 0 aliphatic heterocycles. The van der Waals surface area contributed by atoms with E-state index in [0.29, 0.717) is 19.3 Å². The Hall–Kier alpha value is -4.71. The Labute approximate surface area is 499 Å². The molecule has 0 aliphatic rings. The smallest absolute Gasteiger partial charge is 0.306 e. The van der Waals surface area contributed by atoms with Crippen LogP contribution in [0.5, 0.6) is 0 Å². The molecule has 1 unspecified atom stereocenters. The van der Waals surface area contributed by atoms with E-state index >= 15 is 0 Å². The standard InChI is InChI=1S/C75H122O6/c1-4-7-10-13-16-19-22-25-27-28-29-30-31-32-33-34-35-36-37-38-39-40-41-42-43-44-45-46-48-50-53-56-59-62-65-68-74(77)80-71-72(70-79-73(76)67-64-61-58-55-52-49-24-21-18-15-12-9-6-3)81-75(78)69-66-63-60-57-54-51-47-26-23-20-17-14-11-8-5-2/h7,9-10,12,16,18-19,21,25-27,29-30,32-33,35-36,38-39,47,49,52,58,61,72H,4-6,8,11,13-15,17,20,22-24,28,31,34,37,40-46,48,50-51,53-57,59-60,62-71H2,1-3H3/b10-7-,12-9-,19-16-,21-18-,27-25-,30-29-,33-32-,36-35-,39-38-,47-26-,52-49-,61-58-. The van der Waals surface area contributed by atoms with Gasteiger partial charge in [-0.2, -0.15) is 0 Å². The predicted molar refractivity (Wildman–Crippen MR) is 352 cm³/mol. The second kappa shape index (κ2) is 67.8. The fourth-order valence-corrected chi connectivity index (χ4v) is 8.90. The van der Waals surface area contributed by atoms with Crippen LogP contribution in [0.1, 0.15) is 290 Å². The maximum absolute atomic E-state index is 12.9. The molecule has 0 rings (SSSR count). The van der Waals surface area contributed by atoms with E-state index in [2.05, 4.69) is 161 Å². The number of hydrogen-bond donors (Lipinski definition) is 0. The molecule has 458 valence electrons. The van der Waals surface area contributed by atoms with E-state index in [9.17, 15) is 14.4 Å². The molecule has 6 heteroatoms. The Morgan fingerprint density at radius 1 is 0.259 bits per heavy atom. The van der Waals surface area contributed by atoms with Crippen molar-refractivity contribution in [3.05, 3.63) is 146 Å². The minimum atomic E-state index is -0.816. The van der Waals surface area contributed by atoms with Gasteiger partial charge < -0.3 is 14.2 Å². The van der Waals surface area contributed by atoms with E-state index in [1.165, 1.54) is 122 Å². The van der Waals surface area contributed by atoms with Gasteiger partial charge in [-0.15, -0.1) is 0 Å². The van der Waals surface area contributed by atoms with E-state index in [4.69, 9.17) is 14.2 Å². The fourth-order valence-electron chi connectivity index (χ4n) is 8.90. The van der Waals surface area contributed by atoms with E-state index in [1.807, 2.05) is 6.08 Å². The molecule has 0 amide bonds. The Morgan fingerprint density at radius 2 is 0.506 bits per heavy atom. The van der Waals surface area contributed by atoms with Crippen LogP contribution in [0.4, 0.5) is 0 Å². The van der Waals surface area contributed by atoms with E-state index in [-0.39, 0.29) is 37.5 Å². The number of carbonyl (C=O) groups is 3. The summed E-state index contributed by atoms with van der Waals surface area (Å²) >= 11 is 0. The molecule has 6 nitrogen and oxygen atoms in total. The monoisotopic (exact) mass is 1120 g/mol. The van der Waals surface area contributed by atoms with Crippen molar-refractivity contribution in [2.75, 3.05) is 13.2 Å². The van der Waals surface area contributed by atoms with Gasteiger partial charge in [-0.1, -0.05) is 289 Å². The highest BCUT2D eigenvalue weighted by Crippen LogP contribution is 2.16. The molecule has 0 aliphatic carbocycles. The fraction of sp³-hybridized carbons (Fsp3) is 0.640. The van der Waals surface area contributed by atoms with Crippen molar-refractivity contribution >= 4 is 17.9 Å². The van der Waals surface area contributed by atoms with Gasteiger partial charge in [0.1, 0.15) is 13.2 Å². The maximum atomic E-state index is 12.9. The molecule has 1 atom stereocenters. The summed E-state index contributed by atoms with van der Waals surface area (Å²) < 4.78 is 16.8. The highest BCUT2D eigenvalue weighted by atomic mass is 16.6. The van der Waals surface area contributed by atoms with Crippen molar-refractivity contribution in [3.8, 4) is 0 Å². The summed E-state index contributed by atoms with van der Waals surface area (Å²) in [7, 11) is 0. The number of allylic oxidation sites excluding steroid dienone is 24. The first-order valence-corrected chi connectivity index (χ1v) is 33.3. The number of ether oxygens (including phenoxy) is 3. The maximum Gasteiger partial charge on any atom is 0.306 e. The van der Waals surface area contributed by atoms with Gasteiger partial charge in [0.15, 0.2) is 6.10 Å². The third-order valence-corrected chi connectivity index (χ3v) is 13.8. The van der Waals surface area contributed by atoms with Gasteiger partial charge in [-0.25, -0.2) is 0 Å². The van der Waals surface area contributed by atoms with Gasteiger partial charge in [0.05, 0.1) is 0 Å². The zero-order chi connectivity index (χ0) is 58.5. The summed E-state index contributed by atoms with van der Waals surface area (Å²) in [4.78, 5) is 38.2. The number of unbranched alkanes of at least 4 members (excludes halogenated alkanes) is 24. The minimum Gasteiger partial charge on any atom is -0.462 e. The Kier molecular flexibility index (Phi) is 63.9. The van der Waals surface area contributed by atoms with Crippen molar-refractivity contribution in [2.24, 2.45) is 0 Å². The van der Waals surface area contributed by atoms with Crippen molar-refractivity contribution < 1.29 is 28.6 Å². The van der Waals surface area contributed by atoms with Crippen LogP contribution in [0, 0.1) is 0 Å². The Balaban J connectivity index is 4.23. The van der Waals surface area contributed by atoms with Gasteiger partial charge in [0, 0.05) is 19.3 Å². The average molecular weight is 1120 g/mol. The van der Waals surface area contributed by atoms with E-state index < -0.39 is 6.10 Å². The number of hydrogen-bond acceptors (Lipinski definition) is 6. The predicted octanol–water partition coefficient (Wildman–Crippen LogP) is 23.1. The molecule has 0 radical (unpaired) electrons. The number of rotatable bonds is 59. The van der Waals surface area contributed by atoms with Crippen molar-refractivity contribution in [2.45, 2.75) is 297 Å². The summed E-state index contributed by atoms with van der Waals surface area (Å²) in [6.07, 6.45) is 97.4. The zero-order valence-electron chi connectivity index (χ0n) is 52.5. The van der Waals surface area contributed by atoms with Crippen LogP contribution < -0.4 is 0 Å². The van der Waals surface area contributed by atoms with Gasteiger partial charge >= 0.3 is 17.9 Å². The van der Waals surface area contributed by atoms with Crippen LogP contribution >= 0.6 is 0 Å². The quantitative estimate of drug-likeness (QED) is 0.0261.